The second-order valence-electron chi connectivity index (χ2n) is 7.05. The van der Waals surface area contributed by atoms with Crippen LogP contribution in [0.25, 0.3) is 6.08 Å². The van der Waals surface area contributed by atoms with Gasteiger partial charge in [0.1, 0.15) is 17.3 Å². The molecule has 8 heteroatoms. The summed E-state index contributed by atoms with van der Waals surface area (Å²) in [6, 6.07) is 8.48. The number of ether oxygens (including phenoxy) is 2. The summed E-state index contributed by atoms with van der Waals surface area (Å²) in [7, 11) is 3.12. The molecule has 1 aliphatic heterocycles. The van der Waals surface area contributed by atoms with Crippen molar-refractivity contribution < 1.29 is 23.5 Å². The number of piperidine rings is 1. The van der Waals surface area contributed by atoms with Crippen molar-refractivity contribution in [3.05, 3.63) is 48.4 Å². The summed E-state index contributed by atoms with van der Waals surface area (Å²) in [6.07, 6.45) is 6.46. The predicted molar refractivity (Wildman–Crippen MR) is 114 cm³/mol. The Bertz CT molecular complexity index is 849. The van der Waals surface area contributed by atoms with E-state index >= 15 is 0 Å². The Balaban J connectivity index is 1.41. The molecule has 2 heterocycles. The van der Waals surface area contributed by atoms with Crippen molar-refractivity contribution in [3.63, 3.8) is 0 Å². The highest BCUT2D eigenvalue weighted by Gasteiger charge is 2.22. The number of benzene rings is 1. The average molecular weight is 413 g/mol. The van der Waals surface area contributed by atoms with E-state index < -0.39 is 0 Å². The minimum Gasteiger partial charge on any atom is -0.497 e. The van der Waals surface area contributed by atoms with Gasteiger partial charge in [0.05, 0.1) is 20.5 Å². The fourth-order valence-corrected chi connectivity index (χ4v) is 3.29. The van der Waals surface area contributed by atoms with Gasteiger partial charge in [-0.1, -0.05) is 0 Å². The van der Waals surface area contributed by atoms with E-state index in [4.69, 9.17) is 13.9 Å². The first-order valence-electron chi connectivity index (χ1n) is 9.86. The van der Waals surface area contributed by atoms with Gasteiger partial charge in [0.25, 0.3) is 0 Å². The quantitative estimate of drug-likeness (QED) is 0.679. The molecule has 0 radical (unpaired) electrons. The predicted octanol–water partition coefficient (Wildman–Crippen LogP) is 3.37. The Hall–Kier alpha value is -3.42. The van der Waals surface area contributed by atoms with E-state index in [9.17, 15) is 9.59 Å². The fourth-order valence-electron chi connectivity index (χ4n) is 3.29. The average Bonchev–Trinajstić information content (AvgIpc) is 3.29. The number of rotatable bonds is 7. The van der Waals surface area contributed by atoms with Crippen LogP contribution in [0.4, 0.5) is 10.5 Å². The molecule has 30 heavy (non-hydrogen) atoms. The van der Waals surface area contributed by atoms with Gasteiger partial charge >= 0.3 is 6.03 Å². The van der Waals surface area contributed by atoms with E-state index in [0.29, 0.717) is 48.5 Å². The van der Waals surface area contributed by atoms with Crippen molar-refractivity contribution in [3.8, 4) is 11.5 Å². The topological polar surface area (TPSA) is 93.0 Å². The number of carbonyl (C=O) groups excluding carboxylic acids is 2. The van der Waals surface area contributed by atoms with Gasteiger partial charge in [-0.3, -0.25) is 4.79 Å². The molecule has 1 aromatic heterocycles. The van der Waals surface area contributed by atoms with Gasteiger partial charge in [-0.05, 0) is 37.0 Å². The van der Waals surface area contributed by atoms with Crippen LogP contribution in [0, 0.1) is 5.92 Å². The molecule has 3 amide bonds. The first kappa shape index (κ1) is 21.3. The zero-order chi connectivity index (χ0) is 21.3. The maximum atomic E-state index is 12.3. The van der Waals surface area contributed by atoms with Crippen molar-refractivity contribution >= 4 is 23.7 Å². The van der Waals surface area contributed by atoms with E-state index in [1.165, 1.54) is 6.08 Å². The van der Waals surface area contributed by atoms with E-state index in [1.807, 2.05) is 4.90 Å². The Kier molecular flexibility index (Phi) is 7.37. The van der Waals surface area contributed by atoms with E-state index in [1.54, 1.807) is 56.9 Å². The maximum absolute atomic E-state index is 12.3. The molecule has 0 unspecified atom stereocenters. The van der Waals surface area contributed by atoms with Gasteiger partial charge < -0.3 is 29.4 Å². The monoisotopic (exact) mass is 413 g/mol. The molecule has 8 nitrogen and oxygen atoms in total. The van der Waals surface area contributed by atoms with Gasteiger partial charge in [0, 0.05) is 49.6 Å². The van der Waals surface area contributed by atoms with Gasteiger partial charge in [0.2, 0.25) is 5.91 Å². The van der Waals surface area contributed by atoms with Gasteiger partial charge in [-0.25, -0.2) is 4.79 Å². The number of methoxy groups -OCH3 is 2. The lowest BCUT2D eigenvalue weighted by Gasteiger charge is -2.31. The molecule has 1 aromatic carbocycles. The van der Waals surface area contributed by atoms with Gasteiger partial charge in [-0.2, -0.15) is 0 Å². The molecule has 0 bridgehead atoms. The third-order valence-corrected chi connectivity index (χ3v) is 5.02. The van der Waals surface area contributed by atoms with Crippen LogP contribution in [0.3, 0.4) is 0 Å². The van der Waals surface area contributed by atoms with Crippen LogP contribution in [0.15, 0.2) is 47.1 Å². The van der Waals surface area contributed by atoms with Gasteiger partial charge in [0.15, 0.2) is 0 Å². The minimum atomic E-state index is -0.287. The first-order valence-corrected chi connectivity index (χ1v) is 9.86. The molecular weight excluding hydrogens is 386 g/mol. The fraction of sp³-hybridized carbons (Fsp3) is 0.364. The molecule has 160 valence electrons. The van der Waals surface area contributed by atoms with Crippen molar-refractivity contribution in [2.75, 3.05) is 39.2 Å². The van der Waals surface area contributed by atoms with Crippen LogP contribution >= 0.6 is 0 Å². The van der Waals surface area contributed by atoms with Crippen LogP contribution < -0.4 is 20.1 Å². The molecular formula is C22H27N3O5. The van der Waals surface area contributed by atoms with Crippen molar-refractivity contribution in [2.45, 2.75) is 12.8 Å². The molecule has 0 aliphatic carbocycles. The van der Waals surface area contributed by atoms with Crippen LogP contribution in [-0.4, -0.2) is 50.7 Å². The van der Waals surface area contributed by atoms with Crippen LogP contribution in [0.5, 0.6) is 11.5 Å². The number of likely N-dealkylation sites (tertiary alicyclic amines) is 1. The summed E-state index contributed by atoms with van der Waals surface area (Å²) in [5.41, 5.74) is 0.590. The third-order valence-electron chi connectivity index (χ3n) is 5.02. The molecule has 1 aliphatic rings. The van der Waals surface area contributed by atoms with Crippen molar-refractivity contribution in [1.29, 1.82) is 0 Å². The number of nitrogens with one attached hydrogen (secondary N) is 2. The molecule has 1 fully saturated rings. The molecule has 0 saturated carbocycles. The number of furan rings is 1. The Morgan fingerprint density at radius 3 is 2.47 bits per heavy atom. The zero-order valence-electron chi connectivity index (χ0n) is 17.2. The van der Waals surface area contributed by atoms with Gasteiger partial charge in [-0.15, -0.1) is 0 Å². The number of hydrogen-bond acceptors (Lipinski definition) is 5. The maximum Gasteiger partial charge on any atom is 0.319 e. The first-order chi connectivity index (χ1) is 14.6. The highest BCUT2D eigenvalue weighted by atomic mass is 16.5. The van der Waals surface area contributed by atoms with Crippen LogP contribution in [0.2, 0.25) is 0 Å². The zero-order valence-corrected chi connectivity index (χ0v) is 17.2. The lowest BCUT2D eigenvalue weighted by Crippen LogP contribution is -2.41. The summed E-state index contributed by atoms with van der Waals surface area (Å²) in [5.74, 6) is 2.16. The summed E-state index contributed by atoms with van der Waals surface area (Å²) in [4.78, 5) is 26.3. The summed E-state index contributed by atoms with van der Waals surface area (Å²) < 4.78 is 15.6. The summed E-state index contributed by atoms with van der Waals surface area (Å²) in [6.45, 7) is 1.89. The highest BCUT2D eigenvalue weighted by Crippen LogP contribution is 2.25. The van der Waals surface area contributed by atoms with E-state index in [0.717, 1.165) is 12.8 Å². The lowest BCUT2D eigenvalue weighted by molar-refractivity contribution is -0.127. The van der Waals surface area contributed by atoms with E-state index in [-0.39, 0.29) is 11.9 Å². The highest BCUT2D eigenvalue weighted by molar-refractivity contribution is 5.91. The summed E-state index contributed by atoms with van der Waals surface area (Å²) in [5, 5.41) is 5.70. The standard InChI is InChI=1S/C22H27N3O5/c1-28-19-12-17(13-20(14-19)29-2)24-22(27)23-15-16-7-9-25(10-8-16)21(26)6-5-18-4-3-11-30-18/h3-6,11-14,16H,7-10,15H2,1-2H3,(H2,23,24,27). The smallest absolute Gasteiger partial charge is 0.319 e. The Morgan fingerprint density at radius 2 is 1.87 bits per heavy atom. The van der Waals surface area contributed by atoms with Crippen molar-refractivity contribution in [1.82, 2.24) is 10.2 Å². The number of anilines is 1. The molecule has 3 rings (SSSR count). The largest absolute Gasteiger partial charge is 0.497 e. The lowest BCUT2D eigenvalue weighted by atomic mass is 9.97. The van der Waals surface area contributed by atoms with Crippen LogP contribution in [-0.2, 0) is 4.79 Å². The molecule has 2 N–H and O–H groups in total. The number of nitrogens with zero attached hydrogens (tertiary/aromatic N) is 1. The second kappa shape index (κ2) is 10.4. The van der Waals surface area contributed by atoms with Crippen LogP contribution in [0.1, 0.15) is 18.6 Å². The SMILES string of the molecule is COc1cc(NC(=O)NCC2CCN(C(=O)C=Cc3ccco3)CC2)cc(OC)c1. The number of hydrogen-bond donors (Lipinski definition) is 2. The third kappa shape index (κ3) is 6.04. The molecule has 2 aromatic rings. The molecule has 0 atom stereocenters. The minimum absolute atomic E-state index is 0.0254. The number of amides is 3. The van der Waals surface area contributed by atoms with Crippen molar-refractivity contribution in [2.24, 2.45) is 5.92 Å². The Morgan fingerprint density at radius 1 is 1.17 bits per heavy atom. The molecule has 0 spiro atoms. The number of urea groups is 1. The number of carbonyl (C=O) groups is 2. The Labute approximate surface area is 175 Å². The summed E-state index contributed by atoms with van der Waals surface area (Å²) >= 11 is 0. The molecule has 1 saturated heterocycles. The normalized spacial score (nSPS) is 14.5. The second-order valence-corrected chi connectivity index (χ2v) is 7.05. The van der Waals surface area contributed by atoms with E-state index in [2.05, 4.69) is 10.6 Å².